The van der Waals surface area contributed by atoms with Crippen LogP contribution in [0.25, 0.3) is 0 Å². The van der Waals surface area contributed by atoms with Crippen molar-refractivity contribution < 1.29 is 32.2 Å². The Kier molecular flexibility index (Phi) is 5.00. The first-order valence-corrected chi connectivity index (χ1v) is 8.32. The predicted octanol–water partition coefficient (Wildman–Crippen LogP) is 1.10. The van der Waals surface area contributed by atoms with Crippen molar-refractivity contribution in [2.75, 3.05) is 20.2 Å². The summed E-state index contributed by atoms with van der Waals surface area (Å²) in [5.41, 5.74) is -0.674. The summed E-state index contributed by atoms with van der Waals surface area (Å²) in [6.45, 7) is -0.0992. The Morgan fingerprint density at radius 1 is 1.39 bits per heavy atom. The number of carbonyl (C=O) groups excluding carboxylic acids is 1. The maximum Gasteiger partial charge on any atom is 0.342 e. The molecule has 0 aliphatic carbocycles. The van der Waals surface area contributed by atoms with Gasteiger partial charge in [0.15, 0.2) is 0 Å². The van der Waals surface area contributed by atoms with Crippen molar-refractivity contribution in [1.82, 2.24) is 4.31 Å². The number of carboxylic acid groups (broad SMARTS) is 1. The van der Waals surface area contributed by atoms with E-state index in [0.717, 1.165) is 23.5 Å². The summed E-state index contributed by atoms with van der Waals surface area (Å²) in [5, 5.41) is 9.06. The SMILES string of the molecule is COC(=O)c1c(F)cccc1S(=O)(=O)N1CCCC(C(=O)O)C1. The fourth-order valence-corrected chi connectivity index (χ4v) is 4.23. The summed E-state index contributed by atoms with van der Waals surface area (Å²) >= 11 is 0. The number of piperidine rings is 1. The molecule has 2 rings (SSSR count). The largest absolute Gasteiger partial charge is 0.481 e. The van der Waals surface area contributed by atoms with Crippen LogP contribution < -0.4 is 0 Å². The number of sulfonamides is 1. The lowest BCUT2D eigenvalue weighted by molar-refractivity contribution is -0.142. The molecule has 126 valence electrons. The van der Waals surface area contributed by atoms with E-state index >= 15 is 0 Å². The van der Waals surface area contributed by atoms with Gasteiger partial charge >= 0.3 is 11.9 Å². The standard InChI is InChI=1S/C14H16FNO6S/c1-22-14(19)12-10(15)5-2-6-11(12)23(20,21)16-7-3-4-9(8-16)13(17)18/h2,5-6,9H,3-4,7-8H2,1H3,(H,17,18). The molecule has 0 bridgehead atoms. The fraction of sp³-hybridized carbons (Fsp3) is 0.429. The second-order valence-corrected chi connectivity index (χ2v) is 7.05. The first-order valence-electron chi connectivity index (χ1n) is 6.88. The first-order chi connectivity index (χ1) is 10.8. The number of nitrogens with zero attached hydrogens (tertiary/aromatic N) is 1. The molecule has 1 fully saturated rings. The van der Waals surface area contributed by atoms with E-state index in [-0.39, 0.29) is 13.1 Å². The summed E-state index contributed by atoms with van der Waals surface area (Å²) in [4.78, 5) is 22.3. The second-order valence-electron chi connectivity index (χ2n) is 5.14. The number of aliphatic carboxylic acids is 1. The van der Waals surface area contributed by atoms with Crippen LogP contribution in [0, 0.1) is 11.7 Å². The average Bonchev–Trinajstić information content (AvgIpc) is 2.54. The van der Waals surface area contributed by atoms with Gasteiger partial charge in [0.25, 0.3) is 0 Å². The summed E-state index contributed by atoms with van der Waals surface area (Å²) < 4.78 is 44.7. The third-order valence-electron chi connectivity index (χ3n) is 3.72. The van der Waals surface area contributed by atoms with Gasteiger partial charge in [0, 0.05) is 13.1 Å². The van der Waals surface area contributed by atoms with Crippen molar-refractivity contribution >= 4 is 22.0 Å². The number of hydrogen-bond donors (Lipinski definition) is 1. The van der Waals surface area contributed by atoms with E-state index in [1.165, 1.54) is 6.07 Å². The highest BCUT2D eigenvalue weighted by Crippen LogP contribution is 2.27. The Bertz CT molecular complexity index is 733. The molecule has 1 aromatic carbocycles. The Morgan fingerprint density at radius 2 is 2.09 bits per heavy atom. The van der Waals surface area contributed by atoms with E-state index in [9.17, 15) is 22.4 Å². The van der Waals surface area contributed by atoms with E-state index < -0.39 is 44.2 Å². The minimum Gasteiger partial charge on any atom is -0.481 e. The van der Waals surface area contributed by atoms with Crippen LogP contribution in [-0.4, -0.2) is 50.0 Å². The van der Waals surface area contributed by atoms with Crippen LogP contribution in [0.2, 0.25) is 0 Å². The van der Waals surface area contributed by atoms with Gasteiger partial charge in [-0.15, -0.1) is 0 Å². The Hall–Kier alpha value is -2.00. The highest BCUT2D eigenvalue weighted by molar-refractivity contribution is 7.89. The van der Waals surface area contributed by atoms with Gasteiger partial charge in [0.2, 0.25) is 10.0 Å². The van der Waals surface area contributed by atoms with Gasteiger partial charge in [-0.25, -0.2) is 17.6 Å². The van der Waals surface area contributed by atoms with Crippen LogP contribution in [0.3, 0.4) is 0 Å². The molecule has 1 aliphatic rings. The molecule has 0 radical (unpaired) electrons. The molecule has 9 heteroatoms. The molecule has 1 heterocycles. The lowest BCUT2D eigenvalue weighted by Gasteiger charge is -2.30. The van der Waals surface area contributed by atoms with Crippen molar-refractivity contribution in [2.45, 2.75) is 17.7 Å². The van der Waals surface area contributed by atoms with Crippen LogP contribution in [0.15, 0.2) is 23.1 Å². The van der Waals surface area contributed by atoms with E-state index in [1.54, 1.807) is 0 Å². The summed E-state index contributed by atoms with van der Waals surface area (Å²) in [5.74, 6) is -4.02. The number of hydrogen-bond acceptors (Lipinski definition) is 5. The van der Waals surface area contributed by atoms with Gasteiger partial charge in [-0.1, -0.05) is 6.07 Å². The van der Waals surface area contributed by atoms with Gasteiger partial charge in [-0.3, -0.25) is 4.79 Å². The molecule has 1 N–H and O–H groups in total. The zero-order chi connectivity index (χ0) is 17.2. The smallest absolute Gasteiger partial charge is 0.342 e. The number of methoxy groups -OCH3 is 1. The van der Waals surface area contributed by atoms with Crippen LogP contribution in [0.1, 0.15) is 23.2 Å². The lowest BCUT2D eigenvalue weighted by Crippen LogP contribution is -2.42. The van der Waals surface area contributed by atoms with Gasteiger partial charge in [0.1, 0.15) is 11.4 Å². The molecule has 1 aliphatic heterocycles. The zero-order valence-electron chi connectivity index (χ0n) is 12.4. The fourth-order valence-electron chi connectivity index (χ4n) is 2.52. The number of esters is 1. The van der Waals surface area contributed by atoms with Crippen LogP contribution in [-0.2, 0) is 19.6 Å². The highest BCUT2D eigenvalue weighted by Gasteiger charge is 2.36. The third kappa shape index (κ3) is 3.35. The zero-order valence-corrected chi connectivity index (χ0v) is 13.2. The number of ether oxygens (including phenoxy) is 1. The number of carboxylic acids is 1. The molecule has 23 heavy (non-hydrogen) atoms. The Balaban J connectivity index is 2.46. The molecule has 0 amide bonds. The number of rotatable bonds is 4. The van der Waals surface area contributed by atoms with Crippen molar-refractivity contribution in [3.05, 3.63) is 29.6 Å². The van der Waals surface area contributed by atoms with Gasteiger partial charge in [-0.2, -0.15) is 4.31 Å². The van der Waals surface area contributed by atoms with Crippen molar-refractivity contribution in [1.29, 1.82) is 0 Å². The molecular weight excluding hydrogens is 329 g/mol. The molecule has 0 saturated carbocycles. The number of carbonyl (C=O) groups is 2. The Labute approximate surface area is 132 Å². The molecule has 1 aromatic rings. The van der Waals surface area contributed by atoms with Crippen LogP contribution in [0.4, 0.5) is 4.39 Å². The van der Waals surface area contributed by atoms with Gasteiger partial charge in [-0.05, 0) is 25.0 Å². The van der Waals surface area contributed by atoms with E-state index in [0.29, 0.717) is 12.8 Å². The molecule has 1 unspecified atom stereocenters. The van der Waals surface area contributed by atoms with Crippen LogP contribution in [0.5, 0.6) is 0 Å². The van der Waals surface area contributed by atoms with Gasteiger partial charge < -0.3 is 9.84 Å². The van der Waals surface area contributed by atoms with E-state index in [4.69, 9.17) is 5.11 Å². The monoisotopic (exact) mass is 345 g/mol. The molecular formula is C14H16FNO6S. The molecule has 0 aromatic heterocycles. The highest BCUT2D eigenvalue weighted by atomic mass is 32.2. The summed E-state index contributed by atoms with van der Waals surface area (Å²) in [7, 11) is -3.19. The molecule has 1 atom stereocenters. The van der Waals surface area contributed by atoms with Crippen LogP contribution >= 0.6 is 0 Å². The van der Waals surface area contributed by atoms with Gasteiger partial charge in [0.05, 0.1) is 17.9 Å². The van der Waals surface area contributed by atoms with Crippen molar-refractivity contribution in [2.24, 2.45) is 5.92 Å². The predicted molar refractivity (Wildman–Crippen MR) is 76.9 cm³/mol. The van der Waals surface area contributed by atoms with E-state index in [1.807, 2.05) is 0 Å². The molecule has 0 spiro atoms. The lowest BCUT2D eigenvalue weighted by atomic mass is 10.0. The minimum absolute atomic E-state index is 0.114. The summed E-state index contributed by atoms with van der Waals surface area (Å²) in [6.07, 6.45) is 0.743. The molecule has 1 saturated heterocycles. The number of benzene rings is 1. The van der Waals surface area contributed by atoms with E-state index in [2.05, 4.69) is 4.74 Å². The molecule has 7 nitrogen and oxygen atoms in total. The Morgan fingerprint density at radius 3 is 2.70 bits per heavy atom. The summed E-state index contributed by atoms with van der Waals surface area (Å²) in [6, 6.07) is 3.24. The average molecular weight is 345 g/mol. The van der Waals surface area contributed by atoms with Crippen molar-refractivity contribution in [3.63, 3.8) is 0 Å². The number of halogens is 1. The maximum atomic E-state index is 13.9. The normalized spacial score (nSPS) is 19.3. The van der Waals surface area contributed by atoms with Crippen molar-refractivity contribution in [3.8, 4) is 0 Å². The topological polar surface area (TPSA) is 101 Å². The second kappa shape index (κ2) is 6.63. The minimum atomic E-state index is -4.21. The maximum absolute atomic E-state index is 13.9. The first kappa shape index (κ1) is 17.4. The third-order valence-corrected chi connectivity index (χ3v) is 5.62. The quantitative estimate of drug-likeness (QED) is 0.820.